The lowest BCUT2D eigenvalue weighted by atomic mass is 10.0. The number of sulfonamides is 1. The van der Waals surface area contributed by atoms with Crippen LogP contribution in [0.2, 0.25) is 0 Å². The zero-order valence-electron chi connectivity index (χ0n) is 13.2. The maximum absolute atomic E-state index is 12.0. The average Bonchev–Trinajstić information content (AvgIpc) is 2.58. The van der Waals surface area contributed by atoms with E-state index in [0.29, 0.717) is 0 Å². The second-order valence-electron chi connectivity index (χ2n) is 6.20. The van der Waals surface area contributed by atoms with E-state index in [-0.39, 0.29) is 11.8 Å². The molecule has 0 aromatic heterocycles. The quantitative estimate of drug-likeness (QED) is 0.508. The van der Waals surface area contributed by atoms with Gasteiger partial charge in [-0.15, -0.1) is 0 Å². The molecule has 1 aliphatic carbocycles. The van der Waals surface area contributed by atoms with Gasteiger partial charge in [-0.2, -0.15) is 0 Å². The molecule has 2 N–H and O–H groups in total. The van der Waals surface area contributed by atoms with Gasteiger partial charge in [0.25, 0.3) is 0 Å². The summed E-state index contributed by atoms with van der Waals surface area (Å²) in [5, 5.41) is 3.30. The second kappa shape index (κ2) is 9.74. The fourth-order valence-corrected chi connectivity index (χ4v) is 4.21. The molecule has 4 nitrogen and oxygen atoms in total. The highest BCUT2D eigenvalue weighted by molar-refractivity contribution is 7.89. The van der Waals surface area contributed by atoms with E-state index < -0.39 is 10.0 Å². The summed E-state index contributed by atoms with van der Waals surface area (Å²) in [6, 6.07) is 0.170. The minimum absolute atomic E-state index is 0.170. The lowest BCUT2D eigenvalue weighted by Gasteiger charge is -2.16. The summed E-state index contributed by atoms with van der Waals surface area (Å²) in [6.45, 7) is 6.34. The van der Waals surface area contributed by atoms with E-state index in [1.165, 1.54) is 6.42 Å². The molecule has 0 saturated heterocycles. The van der Waals surface area contributed by atoms with Gasteiger partial charge in [-0.1, -0.05) is 26.7 Å². The molecule has 1 aliphatic rings. The number of hydrogen-bond donors (Lipinski definition) is 2. The molecular formula is C15H32N2O2S. The van der Waals surface area contributed by atoms with Crippen molar-refractivity contribution in [1.29, 1.82) is 0 Å². The van der Waals surface area contributed by atoms with Gasteiger partial charge in [0.15, 0.2) is 0 Å². The summed E-state index contributed by atoms with van der Waals surface area (Å²) in [6.07, 6.45) is 8.34. The van der Waals surface area contributed by atoms with Crippen LogP contribution >= 0.6 is 0 Å². The Morgan fingerprint density at radius 1 is 1.05 bits per heavy atom. The molecule has 0 aromatic carbocycles. The first-order valence-corrected chi connectivity index (χ1v) is 9.89. The Morgan fingerprint density at radius 2 is 1.85 bits per heavy atom. The minimum Gasteiger partial charge on any atom is -0.317 e. The van der Waals surface area contributed by atoms with Gasteiger partial charge in [-0.25, -0.2) is 13.1 Å². The van der Waals surface area contributed by atoms with Crippen molar-refractivity contribution >= 4 is 10.0 Å². The molecule has 0 radical (unpaired) electrons. The van der Waals surface area contributed by atoms with Crippen molar-refractivity contribution in [3.05, 3.63) is 0 Å². The monoisotopic (exact) mass is 304 g/mol. The summed E-state index contributed by atoms with van der Waals surface area (Å²) in [7, 11) is -3.09. The largest absolute Gasteiger partial charge is 0.317 e. The average molecular weight is 305 g/mol. The normalized spacial score (nSPS) is 24.5. The van der Waals surface area contributed by atoms with Gasteiger partial charge in [0.2, 0.25) is 10.0 Å². The Bertz CT molecular complexity index is 344. The van der Waals surface area contributed by atoms with Crippen LogP contribution in [0, 0.1) is 5.92 Å². The van der Waals surface area contributed by atoms with Gasteiger partial charge in [0.1, 0.15) is 0 Å². The van der Waals surface area contributed by atoms with Crippen molar-refractivity contribution < 1.29 is 8.42 Å². The van der Waals surface area contributed by atoms with Crippen LogP contribution in [0.25, 0.3) is 0 Å². The molecule has 2 unspecified atom stereocenters. The van der Waals surface area contributed by atoms with Crippen molar-refractivity contribution in [3.8, 4) is 0 Å². The van der Waals surface area contributed by atoms with Crippen molar-refractivity contribution in [2.45, 2.75) is 71.3 Å². The molecular weight excluding hydrogens is 272 g/mol. The molecule has 1 fully saturated rings. The lowest BCUT2D eigenvalue weighted by molar-refractivity contribution is 0.484. The molecule has 0 spiro atoms. The number of rotatable bonds is 9. The van der Waals surface area contributed by atoms with E-state index in [9.17, 15) is 8.42 Å². The molecule has 1 rings (SSSR count). The van der Waals surface area contributed by atoms with Crippen LogP contribution in [-0.2, 0) is 10.0 Å². The maximum atomic E-state index is 12.0. The van der Waals surface area contributed by atoms with Crippen LogP contribution in [0.4, 0.5) is 0 Å². The minimum atomic E-state index is -3.09. The highest BCUT2D eigenvalue weighted by atomic mass is 32.2. The van der Waals surface area contributed by atoms with Crippen molar-refractivity contribution in [1.82, 2.24) is 10.0 Å². The number of hydrogen-bond acceptors (Lipinski definition) is 3. The molecule has 0 aromatic rings. The van der Waals surface area contributed by atoms with Crippen LogP contribution in [0.15, 0.2) is 0 Å². The summed E-state index contributed by atoms with van der Waals surface area (Å²) < 4.78 is 27.0. The van der Waals surface area contributed by atoms with Crippen molar-refractivity contribution in [3.63, 3.8) is 0 Å². The molecule has 2 atom stereocenters. The van der Waals surface area contributed by atoms with Crippen LogP contribution in [0.1, 0.15) is 65.2 Å². The zero-order valence-corrected chi connectivity index (χ0v) is 14.0. The summed E-state index contributed by atoms with van der Waals surface area (Å²) in [5.74, 6) is 1.02. The molecule has 0 bridgehead atoms. The smallest absolute Gasteiger partial charge is 0.211 e. The highest BCUT2D eigenvalue weighted by Crippen LogP contribution is 2.23. The van der Waals surface area contributed by atoms with E-state index in [1.807, 2.05) is 0 Å². The third kappa shape index (κ3) is 8.22. The standard InChI is InChI=1S/C15H32N2O2S/c1-3-11-16-12-4-5-13-20(18,19)17-15-8-6-7-14(2)9-10-15/h14-17H,3-13H2,1-2H3. The first kappa shape index (κ1) is 17.9. The van der Waals surface area contributed by atoms with Gasteiger partial charge in [-0.05, 0) is 57.5 Å². The molecule has 1 saturated carbocycles. The van der Waals surface area contributed by atoms with E-state index in [0.717, 1.165) is 64.0 Å². The van der Waals surface area contributed by atoms with E-state index in [1.54, 1.807) is 0 Å². The fraction of sp³-hybridized carbons (Fsp3) is 1.00. The van der Waals surface area contributed by atoms with E-state index in [4.69, 9.17) is 0 Å². The zero-order chi connectivity index (χ0) is 14.8. The highest BCUT2D eigenvalue weighted by Gasteiger charge is 2.20. The molecule has 5 heteroatoms. The van der Waals surface area contributed by atoms with Crippen LogP contribution in [-0.4, -0.2) is 33.3 Å². The molecule has 0 heterocycles. The van der Waals surface area contributed by atoms with Crippen LogP contribution in [0.5, 0.6) is 0 Å². The first-order valence-electron chi connectivity index (χ1n) is 8.24. The SMILES string of the molecule is CCCNCCCCS(=O)(=O)NC1CCCC(C)CC1. The van der Waals surface area contributed by atoms with Crippen LogP contribution < -0.4 is 10.0 Å². The van der Waals surface area contributed by atoms with Crippen molar-refractivity contribution in [2.24, 2.45) is 5.92 Å². The lowest BCUT2D eigenvalue weighted by Crippen LogP contribution is -2.36. The Labute approximate surface area is 125 Å². The third-order valence-corrected chi connectivity index (χ3v) is 5.57. The molecule has 20 heavy (non-hydrogen) atoms. The summed E-state index contributed by atoms with van der Waals surface area (Å²) in [4.78, 5) is 0. The molecule has 0 amide bonds. The van der Waals surface area contributed by atoms with E-state index >= 15 is 0 Å². The Kier molecular flexibility index (Phi) is 8.73. The predicted molar refractivity (Wildman–Crippen MR) is 85.4 cm³/mol. The second-order valence-corrected chi connectivity index (χ2v) is 8.08. The maximum Gasteiger partial charge on any atom is 0.211 e. The van der Waals surface area contributed by atoms with Gasteiger partial charge in [0, 0.05) is 6.04 Å². The Balaban J connectivity index is 2.20. The van der Waals surface area contributed by atoms with Gasteiger partial charge >= 0.3 is 0 Å². The third-order valence-electron chi connectivity index (χ3n) is 4.05. The first-order chi connectivity index (χ1) is 9.53. The van der Waals surface area contributed by atoms with E-state index in [2.05, 4.69) is 23.9 Å². The predicted octanol–water partition coefficient (Wildman–Crippen LogP) is 2.65. The van der Waals surface area contributed by atoms with Gasteiger partial charge in [-0.3, -0.25) is 0 Å². The summed E-state index contributed by atoms with van der Waals surface area (Å²) >= 11 is 0. The topological polar surface area (TPSA) is 58.2 Å². The molecule has 0 aliphatic heterocycles. The van der Waals surface area contributed by atoms with Crippen LogP contribution in [0.3, 0.4) is 0 Å². The number of nitrogens with one attached hydrogen (secondary N) is 2. The van der Waals surface area contributed by atoms with Gasteiger partial charge < -0.3 is 5.32 Å². The fourth-order valence-electron chi connectivity index (χ4n) is 2.76. The van der Waals surface area contributed by atoms with Gasteiger partial charge in [0.05, 0.1) is 5.75 Å². The Morgan fingerprint density at radius 3 is 2.60 bits per heavy atom. The van der Waals surface area contributed by atoms with Crippen molar-refractivity contribution in [2.75, 3.05) is 18.8 Å². The Hall–Kier alpha value is -0.130. The summed E-state index contributed by atoms with van der Waals surface area (Å²) in [5.41, 5.74) is 0. The molecule has 120 valence electrons. The number of unbranched alkanes of at least 4 members (excludes halogenated alkanes) is 1.